The summed E-state index contributed by atoms with van der Waals surface area (Å²) in [5.41, 5.74) is 1.49. The predicted octanol–water partition coefficient (Wildman–Crippen LogP) is 4.82. The van der Waals surface area contributed by atoms with Crippen LogP contribution in [0.4, 0.5) is 0 Å². The van der Waals surface area contributed by atoms with Gasteiger partial charge >= 0.3 is 0 Å². The Labute approximate surface area is 181 Å². The fourth-order valence-corrected chi connectivity index (χ4v) is 3.29. The van der Waals surface area contributed by atoms with Crippen molar-refractivity contribution in [2.45, 2.75) is 32.7 Å². The highest BCUT2D eigenvalue weighted by atomic mass is 16.6. The van der Waals surface area contributed by atoms with Crippen LogP contribution in [0.2, 0.25) is 0 Å². The van der Waals surface area contributed by atoms with E-state index >= 15 is 0 Å². The molecule has 1 unspecified atom stereocenters. The van der Waals surface area contributed by atoms with Gasteiger partial charge in [0.15, 0.2) is 5.78 Å². The van der Waals surface area contributed by atoms with Crippen molar-refractivity contribution >= 4 is 5.78 Å². The number of phenols is 1. The van der Waals surface area contributed by atoms with Crippen molar-refractivity contribution in [3.8, 4) is 23.0 Å². The Hall–Kier alpha value is -3.51. The summed E-state index contributed by atoms with van der Waals surface area (Å²) < 4.78 is 16.6. The van der Waals surface area contributed by atoms with E-state index in [-0.39, 0.29) is 23.5 Å². The third-order valence-electron chi connectivity index (χ3n) is 4.80. The van der Waals surface area contributed by atoms with Gasteiger partial charge in [-0.25, -0.2) is 0 Å². The fourth-order valence-electron chi connectivity index (χ4n) is 3.29. The first-order valence-electron chi connectivity index (χ1n) is 10.1. The molecule has 162 valence electrons. The van der Waals surface area contributed by atoms with E-state index in [9.17, 15) is 15.0 Å². The number of rotatable bonds is 5. The smallest absolute Gasteiger partial charge is 0.242 e. The molecule has 0 bridgehead atoms. The molecule has 1 aliphatic rings. The van der Waals surface area contributed by atoms with Crippen molar-refractivity contribution in [2.24, 2.45) is 0 Å². The number of hydrogen-bond donors (Lipinski definition) is 2. The van der Waals surface area contributed by atoms with Crippen LogP contribution in [0.25, 0.3) is 0 Å². The summed E-state index contributed by atoms with van der Waals surface area (Å²) in [5.74, 6) is -1.48. The summed E-state index contributed by atoms with van der Waals surface area (Å²) in [4.78, 5) is 12.6. The zero-order chi connectivity index (χ0) is 22.4. The van der Waals surface area contributed by atoms with Crippen molar-refractivity contribution < 1.29 is 29.2 Å². The molecule has 0 spiro atoms. The molecule has 1 heterocycles. The Kier molecular flexibility index (Phi) is 6.82. The van der Waals surface area contributed by atoms with E-state index in [1.807, 2.05) is 44.2 Å². The minimum atomic E-state index is -1.85. The summed E-state index contributed by atoms with van der Waals surface area (Å²) in [6, 6.07) is 19.3. The molecule has 0 aliphatic carbocycles. The lowest BCUT2D eigenvalue weighted by Crippen LogP contribution is -2.39. The van der Waals surface area contributed by atoms with Crippen LogP contribution < -0.4 is 14.2 Å². The number of ketones is 1. The Morgan fingerprint density at radius 1 is 1.00 bits per heavy atom. The molecule has 1 aliphatic heterocycles. The molecule has 1 atom stereocenters. The second kappa shape index (κ2) is 9.53. The third kappa shape index (κ3) is 4.81. The first-order chi connectivity index (χ1) is 15.0. The van der Waals surface area contributed by atoms with Gasteiger partial charge in [-0.15, -0.1) is 0 Å². The van der Waals surface area contributed by atoms with Crippen LogP contribution in [0.3, 0.4) is 0 Å². The number of hydrogen-bond acceptors (Lipinski definition) is 6. The highest BCUT2D eigenvalue weighted by Gasteiger charge is 2.42. The van der Waals surface area contributed by atoms with Gasteiger partial charge in [0.2, 0.25) is 5.79 Å². The Morgan fingerprint density at radius 2 is 1.68 bits per heavy atom. The number of carbonyl (C=O) groups excluding carboxylic acids is 1. The maximum atomic E-state index is 12.6. The van der Waals surface area contributed by atoms with Crippen LogP contribution in [-0.2, 0) is 12.4 Å². The standard InChI is InChI=1S/C23H20O6.C2H6/c1-27-18-11-19(24)22-20(25)13-23(26,29-21(22)12-18)16-7-9-17(10-8-16)28-14-15-5-3-2-4-6-15;1-2/h2-12,24,26H,13-14H2,1H3;1-2H3. The SMILES string of the molecule is CC.COc1cc(O)c2c(c1)OC(O)(c1ccc(OCc3ccccc3)cc1)CC2=O. The van der Waals surface area contributed by atoms with E-state index in [2.05, 4.69) is 0 Å². The summed E-state index contributed by atoms with van der Waals surface area (Å²) in [6.07, 6.45) is -0.315. The number of fused-ring (bicyclic) bond motifs is 1. The number of aromatic hydroxyl groups is 1. The van der Waals surface area contributed by atoms with Crippen molar-refractivity contribution in [3.63, 3.8) is 0 Å². The minimum Gasteiger partial charge on any atom is -0.507 e. The quantitative estimate of drug-likeness (QED) is 0.613. The molecule has 0 saturated carbocycles. The zero-order valence-corrected chi connectivity index (χ0v) is 17.8. The molecule has 0 saturated heterocycles. The summed E-state index contributed by atoms with van der Waals surface area (Å²) in [5, 5.41) is 21.1. The average Bonchev–Trinajstić information content (AvgIpc) is 2.79. The zero-order valence-electron chi connectivity index (χ0n) is 17.8. The van der Waals surface area contributed by atoms with Gasteiger partial charge < -0.3 is 24.4 Å². The van der Waals surface area contributed by atoms with Gasteiger partial charge in [-0.1, -0.05) is 44.2 Å². The monoisotopic (exact) mass is 422 g/mol. The molecular weight excluding hydrogens is 396 g/mol. The molecule has 2 N–H and O–H groups in total. The maximum absolute atomic E-state index is 12.6. The molecule has 3 aromatic carbocycles. The number of phenolic OH excluding ortho intramolecular Hbond substituents is 1. The Balaban J connectivity index is 0.00000132. The largest absolute Gasteiger partial charge is 0.507 e. The molecule has 3 aromatic rings. The van der Waals surface area contributed by atoms with E-state index in [0.717, 1.165) is 5.56 Å². The Bertz CT molecular complexity index is 1030. The van der Waals surface area contributed by atoms with Crippen LogP contribution in [-0.4, -0.2) is 23.1 Å². The molecule has 6 nitrogen and oxygen atoms in total. The van der Waals surface area contributed by atoms with Gasteiger partial charge in [0.05, 0.1) is 13.5 Å². The number of carbonyl (C=O) groups is 1. The molecule has 0 amide bonds. The second-order valence-corrected chi connectivity index (χ2v) is 6.80. The summed E-state index contributed by atoms with van der Waals surface area (Å²) in [7, 11) is 1.44. The highest BCUT2D eigenvalue weighted by Crippen LogP contribution is 2.43. The number of benzene rings is 3. The van der Waals surface area contributed by atoms with Gasteiger partial charge in [0.1, 0.15) is 35.2 Å². The minimum absolute atomic E-state index is 0.0401. The maximum Gasteiger partial charge on any atom is 0.242 e. The van der Waals surface area contributed by atoms with Crippen molar-refractivity contribution in [2.75, 3.05) is 7.11 Å². The lowest BCUT2D eigenvalue weighted by Gasteiger charge is -2.34. The first kappa shape index (κ1) is 22.2. The van der Waals surface area contributed by atoms with Crippen LogP contribution in [0.1, 0.15) is 41.8 Å². The second-order valence-electron chi connectivity index (χ2n) is 6.80. The van der Waals surface area contributed by atoms with E-state index in [1.54, 1.807) is 24.3 Å². The number of Topliss-reactive ketones (excluding diaryl/α,β-unsaturated/α-hetero) is 1. The van der Waals surface area contributed by atoms with Gasteiger partial charge in [-0.2, -0.15) is 0 Å². The first-order valence-corrected chi connectivity index (χ1v) is 10.1. The van der Waals surface area contributed by atoms with Gasteiger partial charge in [-0.3, -0.25) is 4.79 Å². The number of methoxy groups -OCH3 is 1. The molecule has 4 rings (SSSR count). The fraction of sp³-hybridized carbons (Fsp3) is 0.240. The Morgan fingerprint density at radius 3 is 2.32 bits per heavy atom. The van der Waals surface area contributed by atoms with Crippen LogP contribution in [0.5, 0.6) is 23.0 Å². The molecule has 0 radical (unpaired) electrons. The lowest BCUT2D eigenvalue weighted by molar-refractivity contribution is -0.147. The van der Waals surface area contributed by atoms with Crippen LogP contribution in [0.15, 0.2) is 66.7 Å². The van der Waals surface area contributed by atoms with Crippen molar-refractivity contribution in [1.82, 2.24) is 0 Å². The highest BCUT2D eigenvalue weighted by molar-refractivity contribution is 6.03. The summed E-state index contributed by atoms with van der Waals surface area (Å²) in [6.45, 7) is 4.42. The van der Waals surface area contributed by atoms with Crippen LogP contribution >= 0.6 is 0 Å². The van der Waals surface area contributed by atoms with Gasteiger partial charge in [0.25, 0.3) is 0 Å². The average molecular weight is 422 g/mol. The lowest BCUT2D eigenvalue weighted by atomic mass is 9.92. The predicted molar refractivity (Wildman–Crippen MR) is 117 cm³/mol. The topological polar surface area (TPSA) is 85.2 Å². The van der Waals surface area contributed by atoms with E-state index < -0.39 is 11.6 Å². The van der Waals surface area contributed by atoms with Gasteiger partial charge in [-0.05, 0) is 29.8 Å². The van der Waals surface area contributed by atoms with Gasteiger partial charge in [0, 0.05) is 17.7 Å². The molecule has 31 heavy (non-hydrogen) atoms. The number of ether oxygens (including phenoxy) is 3. The normalized spacial score (nSPS) is 17.0. The van der Waals surface area contributed by atoms with Crippen molar-refractivity contribution in [3.05, 3.63) is 83.4 Å². The summed E-state index contributed by atoms with van der Waals surface area (Å²) >= 11 is 0. The molecule has 0 fully saturated rings. The number of aliphatic hydroxyl groups is 1. The molecular formula is C25H26O6. The van der Waals surface area contributed by atoms with E-state index in [1.165, 1.54) is 19.2 Å². The third-order valence-corrected chi connectivity index (χ3v) is 4.80. The van der Waals surface area contributed by atoms with Crippen molar-refractivity contribution in [1.29, 1.82) is 0 Å². The molecule has 0 aromatic heterocycles. The van der Waals surface area contributed by atoms with Crippen LogP contribution in [0, 0.1) is 0 Å². The molecule has 6 heteroatoms. The van der Waals surface area contributed by atoms with E-state index in [4.69, 9.17) is 14.2 Å². The van der Waals surface area contributed by atoms with E-state index in [0.29, 0.717) is 23.7 Å².